The number of benzene rings is 1. The number of aromatic nitrogens is 1. The molecule has 23 heavy (non-hydrogen) atoms. The monoisotopic (exact) mass is 315 g/mol. The smallest absolute Gasteiger partial charge is 0.406 e. The highest BCUT2D eigenvalue weighted by molar-refractivity contribution is 5.97. The minimum Gasteiger partial charge on any atom is -0.476 e. The molecule has 0 bridgehead atoms. The average Bonchev–Trinajstić information content (AvgIpc) is 2.53. The van der Waals surface area contributed by atoms with Gasteiger partial charge in [0.1, 0.15) is 6.20 Å². The van der Waals surface area contributed by atoms with E-state index in [1.54, 1.807) is 18.2 Å². The molecule has 0 radical (unpaired) electrons. The Morgan fingerprint density at radius 2 is 2.09 bits per heavy atom. The predicted molar refractivity (Wildman–Crippen MR) is 81.5 cm³/mol. The van der Waals surface area contributed by atoms with Crippen LogP contribution in [0.5, 0.6) is 5.75 Å². The van der Waals surface area contributed by atoms with Crippen molar-refractivity contribution in [3.8, 4) is 5.75 Å². The van der Waals surface area contributed by atoms with Gasteiger partial charge in [0.25, 0.3) is 5.91 Å². The molecule has 1 aromatic heterocycles. The normalized spacial score (nSPS) is 9.96. The second-order valence-corrected chi connectivity index (χ2v) is 4.56. The van der Waals surface area contributed by atoms with E-state index in [1.807, 2.05) is 0 Å². The van der Waals surface area contributed by atoms with Gasteiger partial charge in [-0.1, -0.05) is 12.1 Å². The molecule has 0 aliphatic rings. The highest BCUT2D eigenvalue weighted by atomic mass is 16.6. The minimum atomic E-state index is -0.691. The molecular formula is C15H13N3O5. The van der Waals surface area contributed by atoms with E-state index >= 15 is 0 Å². The number of nitrogens with one attached hydrogen (secondary N) is 1. The molecule has 2 aromatic rings. The van der Waals surface area contributed by atoms with E-state index < -0.39 is 23.3 Å². The third-order valence-corrected chi connectivity index (χ3v) is 2.84. The van der Waals surface area contributed by atoms with Crippen LogP contribution in [0.2, 0.25) is 0 Å². The fourth-order valence-corrected chi connectivity index (χ4v) is 1.79. The van der Waals surface area contributed by atoms with Crippen LogP contribution in [0.15, 0.2) is 42.6 Å². The maximum atomic E-state index is 11.8. The number of anilines is 1. The van der Waals surface area contributed by atoms with Gasteiger partial charge in [-0.25, -0.2) is 0 Å². The van der Waals surface area contributed by atoms with Crippen LogP contribution < -0.4 is 10.1 Å². The average molecular weight is 315 g/mol. The third-order valence-electron chi connectivity index (χ3n) is 2.84. The van der Waals surface area contributed by atoms with Crippen LogP contribution in [-0.2, 0) is 4.79 Å². The summed E-state index contributed by atoms with van der Waals surface area (Å²) in [6.45, 7) is 1.00. The SMILES string of the molecule is CC(=O)c1cccc(NC(=O)COc2cccnc2[N+](=O)[O-])c1. The number of nitro groups is 1. The van der Waals surface area contributed by atoms with Gasteiger partial charge in [-0.2, -0.15) is 0 Å². The number of hydrogen-bond acceptors (Lipinski definition) is 6. The first-order valence-corrected chi connectivity index (χ1v) is 6.60. The molecule has 0 saturated heterocycles. The second kappa shape index (κ2) is 7.12. The van der Waals surface area contributed by atoms with Crippen LogP contribution in [-0.4, -0.2) is 28.2 Å². The lowest BCUT2D eigenvalue weighted by atomic mass is 10.1. The van der Waals surface area contributed by atoms with E-state index in [9.17, 15) is 19.7 Å². The second-order valence-electron chi connectivity index (χ2n) is 4.56. The Kier molecular flexibility index (Phi) is 4.98. The van der Waals surface area contributed by atoms with Gasteiger partial charge in [0.05, 0.1) is 0 Å². The van der Waals surface area contributed by atoms with Crippen molar-refractivity contribution in [1.29, 1.82) is 0 Å². The Morgan fingerprint density at radius 3 is 2.78 bits per heavy atom. The Balaban J connectivity index is 2.00. The van der Waals surface area contributed by atoms with Crippen LogP contribution in [0.25, 0.3) is 0 Å². The summed E-state index contributed by atoms with van der Waals surface area (Å²) in [5.41, 5.74) is 0.901. The Labute approximate surface area is 131 Å². The number of carbonyl (C=O) groups is 2. The summed E-state index contributed by atoms with van der Waals surface area (Å²) in [6.07, 6.45) is 1.26. The Bertz CT molecular complexity index is 760. The molecule has 0 saturated carbocycles. The highest BCUT2D eigenvalue weighted by Gasteiger charge is 2.16. The zero-order valence-electron chi connectivity index (χ0n) is 12.2. The van der Waals surface area contributed by atoms with Gasteiger partial charge in [-0.15, -0.1) is 0 Å². The van der Waals surface area contributed by atoms with Gasteiger partial charge >= 0.3 is 5.82 Å². The maximum Gasteiger partial charge on any atom is 0.406 e. The number of nitrogens with zero attached hydrogens (tertiary/aromatic N) is 2. The molecule has 1 N–H and O–H groups in total. The summed E-state index contributed by atoms with van der Waals surface area (Å²) in [4.78, 5) is 36.8. The molecule has 0 unspecified atom stereocenters. The number of ether oxygens (including phenoxy) is 1. The molecule has 8 nitrogen and oxygen atoms in total. The number of pyridine rings is 1. The molecule has 0 fully saturated rings. The summed E-state index contributed by atoms with van der Waals surface area (Å²) in [7, 11) is 0. The standard InChI is InChI=1S/C15H13N3O5/c1-10(19)11-4-2-5-12(8-11)17-14(20)9-23-13-6-3-7-16-15(13)18(21)22/h2-8H,9H2,1H3,(H,17,20). The third kappa shape index (κ3) is 4.34. The summed E-state index contributed by atoms with van der Waals surface area (Å²) in [5.74, 6) is -1.18. The predicted octanol–water partition coefficient (Wildman–Crippen LogP) is 2.21. The maximum absolute atomic E-state index is 11.8. The summed E-state index contributed by atoms with van der Waals surface area (Å²) >= 11 is 0. The van der Waals surface area contributed by atoms with E-state index in [-0.39, 0.29) is 11.5 Å². The molecule has 0 aliphatic heterocycles. The van der Waals surface area contributed by atoms with Crippen LogP contribution >= 0.6 is 0 Å². The molecule has 0 spiro atoms. The van der Waals surface area contributed by atoms with Gasteiger partial charge in [0.2, 0.25) is 5.75 Å². The lowest BCUT2D eigenvalue weighted by molar-refractivity contribution is -0.390. The van der Waals surface area contributed by atoms with Gasteiger partial charge in [-0.05, 0) is 41.1 Å². The summed E-state index contributed by atoms with van der Waals surface area (Å²) in [5, 5.41) is 13.3. The summed E-state index contributed by atoms with van der Waals surface area (Å²) < 4.78 is 5.13. The van der Waals surface area contributed by atoms with Crippen LogP contribution in [0.1, 0.15) is 17.3 Å². The van der Waals surface area contributed by atoms with Crippen molar-refractivity contribution in [2.75, 3.05) is 11.9 Å². The van der Waals surface area contributed by atoms with E-state index in [0.717, 1.165) is 0 Å². The molecule has 1 amide bonds. The quantitative estimate of drug-likeness (QED) is 0.497. The molecule has 2 rings (SSSR count). The molecule has 0 atom stereocenters. The van der Waals surface area contributed by atoms with Crippen molar-refractivity contribution in [1.82, 2.24) is 4.98 Å². The molecule has 1 aromatic carbocycles. The van der Waals surface area contributed by atoms with Crippen molar-refractivity contribution in [3.63, 3.8) is 0 Å². The minimum absolute atomic E-state index is 0.0925. The first-order valence-electron chi connectivity index (χ1n) is 6.60. The van der Waals surface area contributed by atoms with Gasteiger partial charge < -0.3 is 20.2 Å². The number of amides is 1. The van der Waals surface area contributed by atoms with E-state index in [1.165, 1.54) is 31.3 Å². The van der Waals surface area contributed by atoms with Crippen molar-refractivity contribution < 1.29 is 19.2 Å². The Morgan fingerprint density at radius 1 is 1.30 bits per heavy atom. The number of rotatable bonds is 6. The topological polar surface area (TPSA) is 111 Å². The molecule has 118 valence electrons. The molecule has 8 heteroatoms. The zero-order valence-corrected chi connectivity index (χ0v) is 12.2. The zero-order chi connectivity index (χ0) is 16.8. The first kappa shape index (κ1) is 16.1. The van der Waals surface area contributed by atoms with Gasteiger partial charge in [0.15, 0.2) is 12.4 Å². The number of Topliss-reactive ketones (excluding diaryl/α,β-unsaturated/α-hetero) is 1. The van der Waals surface area contributed by atoms with E-state index in [2.05, 4.69) is 10.3 Å². The van der Waals surface area contributed by atoms with Crippen LogP contribution in [0.4, 0.5) is 11.5 Å². The largest absolute Gasteiger partial charge is 0.476 e. The summed E-state index contributed by atoms with van der Waals surface area (Å²) in [6, 6.07) is 9.25. The first-order chi connectivity index (χ1) is 11.0. The number of hydrogen-bond donors (Lipinski definition) is 1. The lowest BCUT2D eigenvalue weighted by Gasteiger charge is -2.08. The van der Waals surface area contributed by atoms with Gasteiger partial charge in [-0.3, -0.25) is 9.59 Å². The van der Waals surface area contributed by atoms with Crippen LogP contribution in [0.3, 0.4) is 0 Å². The fourth-order valence-electron chi connectivity index (χ4n) is 1.79. The van der Waals surface area contributed by atoms with Crippen LogP contribution in [0, 0.1) is 10.1 Å². The molecule has 1 heterocycles. The van der Waals surface area contributed by atoms with Crippen molar-refractivity contribution in [2.45, 2.75) is 6.92 Å². The van der Waals surface area contributed by atoms with E-state index in [4.69, 9.17) is 4.74 Å². The fraction of sp³-hybridized carbons (Fsp3) is 0.133. The lowest BCUT2D eigenvalue weighted by Crippen LogP contribution is -2.20. The van der Waals surface area contributed by atoms with Gasteiger partial charge in [0, 0.05) is 11.3 Å². The van der Waals surface area contributed by atoms with Crippen molar-refractivity contribution in [2.24, 2.45) is 0 Å². The number of ketones is 1. The van der Waals surface area contributed by atoms with Crippen molar-refractivity contribution in [3.05, 3.63) is 58.3 Å². The van der Waals surface area contributed by atoms with Crippen molar-refractivity contribution >= 4 is 23.2 Å². The molecule has 0 aliphatic carbocycles. The Hall–Kier alpha value is -3.29. The molecular weight excluding hydrogens is 302 g/mol. The number of carbonyl (C=O) groups excluding carboxylic acids is 2. The van der Waals surface area contributed by atoms with E-state index in [0.29, 0.717) is 11.3 Å². The highest BCUT2D eigenvalue weighted by Crippen LogP contribution is 2.22.